The van der Waals surface area contributed by atoms with Crippen molar-refractivity contribution in [2.45, 2.75) is 18.4 Å². The van der Waals surface area contributed by atoms with Gasteiger partial charge in [-0.1, -0.05) is 6.07 Å². The molecule has 1 aromatic carbocycles. The van der Waals surface area contributed by atoms with Crippen LogP contribution in [-0.4, -0.2) is 11.2 Å². The Morgan fingerprint density at radius 3 is 2.94 bits per heavy atom. The molecule has 1 N–H and O–H groups in total. The molecule has 5 heteroatoms. The van der Waals surface area contributed by atoms with E-state index in [4.69, 9.17) is 0 Å². The van der Waals surface area contributed by atoms with Crippen LogP contribution in [0.1, 0.15) is 15.4 Å². The third kappa shape index (κ3) is 2.84. The van der Waals surface area contributed by atoms with Crippen molar-refractivity contribution < 1.29 is 0 Å². The second-order valence-corrected chi connectivity index (χ2v) is 5.86. The van der Waals surface area contributed by atoms with Gasteiger partial charge < -0.3 is 5.32 Å². The van der Waals surface area contributed by atoms with E-state index < -0.39 is 0 Å². The molecule has 0 unspecified atom stereocenters. The molecule has 0 bridgehead atoms. The number of anilines is 1. The zero-order valence-corrected chi connectivity index (χ0v) is 11.9. The predicted octanol–water partition coefficient (Wildman–Crippen LogP) is 3.66. The lowest BCUT2D eigenvalue weighted by atomic mass is 10.2. The summed E-state index contributed by atoms with van der Waals surface area (Å²) in [5.74, 6) is 0. The van der Waals surface area contributed by atoms with Gasteiger partial charge in [-0.2, -0.15) is 5.26 Å². The van der Waals surface area contributed by atoms with E-state index in [-0.39, 0.29) is 0 Å². The van der Waals surface area contributed by atoms with Gasteiger partial charge in [-0.25, -0.2) is 4.98 Å². The topological polar surface area (TPSA) is 48.7 Å². The molecule has 0 aliphatic heterocycles. The lowest BCUT2D eigenvalue weighted by molar-refractivity contribution is 1.16. The molecule has 3 nitrogen and oxygen atoms in total. The highest BCUT2D eigenvalue weighted by molar-refractivity contribution is 7.98. The zero-order valence-electron chi connectivity index (χ0n) is 10.2. The van der Waals surface area contributed by atoms with Gasteiger partial charge in [0.05, 0.1) is 22.8 Å². The van der Waals surface area contributed by atoms with Crippen molar-refractivity contribution in [2.24, 2.45) is 0 Å². The maximum absolute atomic E-state index is 9.22. The maximum Gasteiger partial charge on any atom is 0.102 e. The van der Waals surface area contributed by atoms with E-state index in [9.17, 15) is 5.26 Å². The van der Waals surface area contributed by atoms with Crippen LogP contribution >= 0.6 is 23.1 Å². The summed E-state index contributed by atoms with van der Waals surface area (Å²) in [5, 5.41) is 13.6. The summed E-state index contributed by atoms with van der Waals surface area (Å²) in [6.07, 6.45) is 3.85. The number of benzene rings is 1. The van der Waals surface area contributed by atoms with Gasteiger partial charge in [0.25, 0.3) is 0 Å². The van der Waals surface area contributed by atoms with Crippen LogP contribution < -0.4 is 5.32 Å². The van der Waals surface area contributed by atoms with E-state index in [1.165, 1.54) is 4.88 Å². The molecule has 0 saturated heterocycles. The Balaban J connectivity index is 2.17. The van der Waals surface area contributed by atoms with E-state index in [2.05, 4.69) is 16.4 Å². The first-order valence-electron chi connectivity index (χ1n) is 5.47. The summed E-state index contributed by atoms with van der Waals surface area (Å²) < 4.78 is 0. The molecule has 0 amide bonds. The minimum absolute atomic E-state index is 0.706. The highest BCUT2D eigenvalue weighted by Gasteiger charge is 2.07. The van der Waals surface area contributed by atoms with E-state index in [1.54, 1.807) is 23.1 Å². The average molecular weight is 275 g/mol. The Kier molecular flexibility index (Phi) is 4.24. The molecule has 2 rings (SSSR count). The molecule has 18 heavy (non-hydrogen) atoms. The fourth-order valence-corrected chi connectivity index (χ4v) is 2.94. The second-order valence-electron chi connectivity index (χ2n) is 3.69. The predicted molar refractivity (Wildman–Crippen MR) is 77.1 cm³/mol. The molecule has 0 spiro atoms. The third-order valence-electron chi connectivity index (χ3n) is 2.48. The van der Waals surface area contributed by atoms with E-state index in [1.807, 2.05) is 37.6 Å². The molecule has 92 valence electrons. The van der Waals surface area contributed by atoms with Crippen molar-refractivity contribution in [1.29, 1.82) is 5.26 Å². The monoisotopic (exact) mass is 275 g/mol. The minimum Gasteiger partial charge on any atom is -0.379 e. The first kappa shape index (κ1) is 12.9. The van der Waals surface area contributed by atoms with Crippen molar-refractivity contribution in [3.8, 4) is 6.07 Å². The lowest BCUT2D eigenvalue weighted by Gasteiger charge is -2.09. The van der Waals surface area contributed by atoms with Crippen LogP contribution in [0.15, 0.2) is 29.3 Å². The maximum atomic E-state index is 9.22. The van der Waals surface area contributed by atoms with Gasteiger partial charge in [0, 0.05) is 16.0 Å². The molecule has 0 aliphatic rings. The van der Waals surface area contributed by atoms with Gasteiger partial charge in [-0.05, 0) is 25.3 Å². The standard InChI is InChI=1S/C13H13N3S2/c1-9-15-7-10(18-9)8-16-12-4-3-5-13(17-2)11(12)6-14/h3-5,7,16H,8H2,1-2H3. The van der Waals surface area contributed by atoms with Gasteiger partial charge >= 0.3 is 0 Å². The number of hydrogen-bond acceptors (Lipinski definition) is 5. The molecule has 1 aromatic heterocycles. The fraction of sp³-hybridized carbons (Fsp3) is 0.231. The van der Waals surface area contributed by atoms with Crippen molar-refractivity contribution in [1.82, 2.24) is 4.98 Å². The number of hydrogen-bond donors (Lipinski definition) is 1. The van der Waals surface area contributed by atoms with E-state index in [0.717, 1.165) is 15.6 Å². The Morgan fingerprint density at radius 1 is 1.50 bits per heavy atom. The van der Waals surface area contributed by atoms with Crippen molar-refractivity contribution in [3.05, 3.63) is 39.8 Å². The summed E-state index contributed by atoms with van der Waals surface area (Å²) in [6.45, 7) is 2.70. The fourth-order valence-electron chi connectivity index (χ4n) is 1.63. The SMILES string of the molecule is CSc1cccc(NCc2cnc(C)s2)c1C#N. The molecule has 0 saturated carbocycles. The number of thioether (sulfide) groups is 1. The van der Waals surface area contributed by atoms with E-state index >= 15 is 0 Å². The van der Waals surface area contributed by atoms with Crippen LogP contribution in [0.3, 0.4) is 0 Å². The summed E-state index contributed by atoms with van der Waals surface area (Å²) in [4.78, 5) is 6.39. The largest absolute Gasteiger partial charge is 0.379 e. The number of nitrogens with zero attached hydrogens (tertiary/aromatic N) is 2. The summed E-state index contributed by atoms with van der Waals surface area (Å²) in [6, 6.07) is 8.13. The molecule has 0 atom stereocenters. The molecule has 0 aliphatic carbocycles. The Hall–Kier alpha value is -1.51. The normalized spacial score (nSPS) is 10.1. The number of aromatic nitrogens is 1. The second kappa shape index (κ2) is 5.89. The van der Waals surface area contributed by atoms with Crippen molar-refractivity contribution >= 4 is 28.8 Å². The molecule has 2 aromatic rings. The first-order valence-corrected chi connectivity index (χ1v) is 7.51. The Labute approximate surface area is 115 Å². The minimum atomic E-state index is 0.706. The lowest BCUT2D eigenvalue weighted by Crippen LogP contribution is -2.00. The summed E-state index contributed by atoms with van der Waals surface area (Å²) >= 11 is 3.26. The van der Waals surface area contributed by atoms with Gasteiger partial charge in [0.2, 0.25) is 0 Å². The van der Waals surface area contributed by atoms with Gasteiger partial charge in [-0.3, -0.25) is 0 Å². The smallest absolute Gasteiger partial charge is 0.102 e. The Bertz CT molecular complexity index is 584. The molecular weight excluding hydrogens is 262 g/mol. The van der Waals surface area contributed by atoms with Gasteiger partial charge in [0.15, 0.2) is 0 Å². The quantitative estimate of drug-likeness (QED) is 0.865. The van der Waals surface area contributed by atoms with Crippen LogP contribution in [0.2, 0.25) is 0 Å². The van der Waals surface area contributed by atoms with Crippen LogP contribution in [0.4, 0.5) is 5.69 Å². The van der Waals surface area contributed by atoms with Crippen LogP contribution in [0.5, 0.6) is 0 Å². The van der Waals surface area contributed by atoms with Crippen molar-refractivity contribution in [3.63, 3.8) is 0 Å². The Morgan fingerprint density at radius 2 is 2.33 bits per heavy atom. The van der Waals surface area contributed by atoms with Gasteiger partial charge in [-0.15, -0.1) is 23.1 Å². The van der Waals surface area contributed by atoms with Crippen LogP contribution in [0.25, 0.3) is 0 Å². The molecule has 1 heterocycles. The van der Waals surface area contributed by atoms with Crippen LogP contribution in [0, 0.1) is 18.3 Å². The number of aryl methyl sites for hydroxylation is 1. The number of thiazole rings is 1. The molecular formula is C13H13N3S2. The van der Waals surface area contributed by atoms with E-state index in [0.29, 0.717) is 12.1 Å². The third-order valence-corrected chi connectivity index (χ3v) is 4.17. The highest BCUT2D eigenvalue weighted by Crippen LogP contribution is 2.26. The van der Waals surface area contributed by atoms with Gasteiger partial charge in [0.1, 0.15) is 6.07 Å². The molecule has 0 radical (unpaired) electrons. The summed E-state index contributed by atoms with van der Waals surface area (Å²) in [7, 11) is 0. The average Bonchev–Trinajstić information content (AvgIpc) is 2.81. The van der Waals surface area contributed by atoms with Crippen LogP contribution in [-0.2, 0) is 6.54 Å². The zero-order chi connectivity index (χ0) is 13.0. The number of nitriles is 1. The first-order chi connectivity index (χ1) is 8.74. The number of rotatable bonds is 4. The molecule has 0 fully saturated rings. The van der Waals surface area contributed by atoms with Crippen molar-refractivity contribution in [2.75, 3.05) is 11.6 Å². The highest BCUT2D eigenvalue weighted by atomic mass is 32.2. The summed E-state index contributed by atoms with van der Waals surface area (Å²) in [5.41, 5.74) is 1.60. The number of nitrogens with one attached hydrogen (secondary N) is 1.